The lowest BCUT2D eigenvalue weighted by Crippen LogP contribution is -2.33. The molecule has 2 aromatic rings. The van der Waals surface area contributed by atoms with Crippen LogP contribution in [-0.2, 0) is 24.8 Å². The van der Waals surface area contributed by atoms with E-state index >= 15 is 0 Å². The number of rotatable bonds is 5. The molecule has 136 valence electrons. The highest BCUT2D eigenvalue weighted by Crippen LogP contribution is 2.32. The number of nitriles is 1. The molecular formula is C19H23N5O2. The number of pyridine rings is 1. The lowest BCUT2D eigenvalue weighted by Gasteiger charge is -2.27. The number of aryl methyl sites for hydroxylation is 1. The van der Waals surface area contributed by atoms with Gasteiger partial charge in [0.1, 0.15) is 0 Å². The number of hydrogen-bond acceptors (Lipinski definition) is 5. The van der Waals surface area contributed by atoms with Gasteiger partial charge in [-0.2, -0.15) is 10.4 Å². The quantitative estimate of drug-likeness (QED) is 0.824. The van der Waals surface area contributed by atoms with Crippen LogP contribution in [0.4, 0.5) is 0 Å². The maximum Gasteiger partial charge on any atom is 0.274 e. The normalized spacial score (nSPS) is 18.8. The molecule has 0 fully saturated rings. The van der Waals surface area contributed by atoms with Crippen LogP contribution in [0.3, 0.4) is 0 Å². The third-order valence-corrected chi connectivity index (χ3v) is 4.59. The minimum atomic E-state index is -0.151. The highest BCUT2D eigenvalue weighted by atomic mass is 16.5. The summed E-state index contributed by atoms with van der Waals surface area (Å²) in [4.78, 5) is 19.0. The topological polar surface area (TPSA) is 84.0 Å². The van der Waals surface area contributed by atoms with Crippen molar-refractivity contribution in [3.63, 3.8) is 0 Å². The monoisotopic (exact) mass is 353 g/mol. The summed E-state index contributed by atoms with van der Waals surface area (Å²) in [7, 11) is 1.84. The molecule has 1 aliphatic heterocycles. The molecule has 0 aliphatic carbocycles. The first-order valence-corrected chi connectivity index (χ1v) is 8.77. The van der Waals surface area contributed by atoms with Crippen LogP contribution in [0.5, 0.6) is 0 Å². The zero-order chi connectivity index (χ0) is 18.7. The Morgan fingerprint density at radius 1 is 1.50 bits per heavy atom. The zero-order valence-electron chi connectivity index (χ0n) is 15.3. The van der Waals surface area contributed by atoms with Crippen molar-refractivity contribution in [2.75, 3.05) is 6.54 Å². The number of hydrogen-bond donors (Lipinski definition) is 0. The summed E-state index contributed by atoms with van der Waals surface area (Å²) in [5.41, 5.74) is 3.30. The minimum Gasteiger partial charge on any atom is -0.369 e. The van der Waals surface area contributed by atoms with Crippen LogP contribution in [0.2, 0.25) is 0 Å². The Morgan fingerprint density at radius 3 is 3.00 bits per heavy atom. The molecule has 3 rings (SSSR count). The molecule has 1 aliphatic rings. The van der Waals surface area contributed by atoms with Gasteiger partial charge in [0.15, 0.2) is 5.69 Å². The van der Waals surface area contributed by atoms with Gasteiger partial charge in [-0.05, 0) is 25.5 Å². The second-order valence-electron chi connectivity index (χ2n) is 6.63. The Labute approximate surface area is 153 Å². The van der Waals surface area contributed by atoms with Gasteiger partial charge in [-0.3, -0.25) is 14.5 Å². The second-order valence-corrected chi connectivity index (χ2v) is 6.63. The molecule has 0 aromatic carbocycles. The summed E-state index contributed by atoms with van der Waals surface area (Å²) in [6.45, 7) is 4.75. The Balaban J connectivity index is 1.92. The van der Waals surface area contributed by atoms with Crippen LogP contribution < -0.4 is 0 Å². The van der Waals surface area contributed by atoms with Gasteiger partial charge in [0.25, 0.3) is 5.91 Å². The van der Waals surface area contributed by atoms with Gasteiger partial charge in [0.2, 0.25) is 0 Å². The van der Waals surface area contributed by atoms with E-state index in [-0.39, 0.29) is 24.5 Å². The standard InChI is InChI=1S/C19H23N5O2/c1-13-10-16-17(22-23(3)18(16)14(2)26-13)19(25)24(9-5-7-20)12-15-6-4-8-21-11-15/h4,6,8,11,13-14H,5,9-10,12H2,1-3H3/t13-,14+/m1/s1. The summed E-state index contributed by atoms with van der Waals surface area (Å²) in [5, 5.41) is 13.5. The summed E-state index contributed by atoms with van der Waals surface area (Å²) in [5.74, 6) is -0.151. The lowest BCUT2D eigenvalue weighted by molar-refractivity contribution is -0.00906. The van der Waals surface area contributed by atoms with Crippen molar-refractivity contribution in [3.8, 4) is 6.07 Å². The van der Waals surface area contributed by atoms with Crippen molar-refractivity contribution in [3.05, 3.63) is 47.0 Å². The molecular weight excluding hydrogens is 330 g/mol. The number of carbonyl (C=O) groups excluding carboxylic acids is 1. The van der Waals surface area contributed by atoms with Gasteiger partial charge in [-0.1, -0.05) is 6.07 Å². The van der Waals surface area contributed by atoms with E-state index < -0.39 is 0 Å². The maximum absolute atomic E-state index is 13.2. The van der Waals surface area contributed by atoms with Crippen molar-refractivity contribution in [2.24, 2.45) is 7.05 Å². The lowest BCUT2D eigenvalue weighted by atomic mass is 9.99. The third kappa shape index (κ3) is 3.60. The number of aromatic nitrogens is 3. The van der Waals surface area contributed by atoms with Gasteiger partial charge in [-0.15, -0.1) is 0 Å². The SMILES string of the molecule is C[C@@H]1Cc2c(C(=O)N(CCC#N)Cc3cccnc3)nn(C)c2[C@H](C)O1. The predicted molar refractivity (Wildman–Crippen MR) is 95.1 cm³/mol. The molecule has 3 heterocycles. The Hall–Kier alpha value is -2.72. The fraction of sp³-hybridized carbons (Fsp3) is 0.474. The van der Waals surface area contributed by atoms with Crippen molar-refractivity contribution in [1.29, 1.82) is 5.26 Å². The van der Waals surface area contributed by atoms with E-state index in [1.165, 1.54) is 0 Å². The predicted octanol–water partition coefficient (Wildman–Crippen LogP) is 2.39. The molecule has 0 saturated carbocycles. The van der Waals surface area contributed by atoms with Gasteiger partial charge in [0.05, 0.1) is 30.4 Å². The smallest absolute Gasteiger partial charge is 0.274 e. The molecule has 0 N–H and O–H groups in total. The third-order valence-electron chi connectivity index (χ3n) is 4.59. The van der Waals surface area contributed by atoms with E-state index in [1.807, 2.05) is 33.0 Å². The van der Waals surface area contributed by atoms with Crippen LogP contribution in [0.15, 0.2) is 24.5 Å². The average molecular weight is 353 g/mol. The number of amides is 1. The highest BCUT2D eigenvalue weighted by Gasteiger charge is 2.32. The van der Waals surface area contributed by atoms with Gasteiger partial charge in [0, 0.05) is 44.5 Å². The van der Waals surface area contributed by atoms with Gasteiger partial charge >= 0.3 is 0 Å². The fourth-order valence-electron chi connectivity index (χ4n) is 3.51. The number of nitrogens with zero attached hydrogens (tertiary/aromatic N) is 5. The van der Waals surface area contributed by atoms with Gasteiger partial charge < -0.3 is 9.64 Å². The summed E-state index contributed by atoms with van der Waals surface area (Å²) in [6, 6.07) is 5.88. The van der Waals surface area contributed by atoms with E-state index in [4.69, 9.17) is 10.00 Å². The summed E-state index contributed by atoms with van der Waals surface area (Å²) >= 11 is 0. The van der Waals surface area contributed by atoms with E-state index in [9.17, 15) is 4.79 Å². The Morgan fingerprint density at radius 2 is 2.31 bits per heavy atom. The highest BCUT2D eigenvalue weighted by molar-refractivity contribution is 5.94. The van der Waals surface area contributed by atoms with Crippen LogP contribution in [0.25, 0.3) is 0 Å². The molecule has 0 bridgehead atoms. The Kier molecular flexibility index (Phi) is 5.33. The maximum atomic E-state index is 13.2. The average Bonchev–Trinajstić information content (AvgIpc) is 2.95. The van der Waals surface area contributed by atoms with Crippen molar-refractivity contribution >= 4 is 5.91 Å². The van der Waals surface area contributed by atoms with E-state index in [0.717, 1.165) is 16.8 Å². The van der Waals surface area contributed by atoms with Crippen molar-refractivity contribution in [2.45, 2.75) is 45.4 Å². The molecule has 7 nitrogen and oxygen atoms in total. The van der Waals surface area contributed by atoms with Crippen LogP contribution >= 0.6 is 0 Å². The summed E-state index contributed by atoms with van der Waals surface area (Å²) in [6.07, 6.45) is 4.31. The molecule has 0 saturated heterocycles. The molecule has 2 aromatic heterocycles. The van der Waals surface area contributed by atoms with Crippen LogP contribution in [-0.4, -0.2) is 38.2 Å². The van der Waals surface area contributed by atoms with Crippen LogP contribution in [0.1, 0.15) is 53.7 Å². The van der Waals surface area contributed by atoms with Crippen LogP contribution in [0, 0.1) is 11.3 Å². The molecule has 26 heavy (non-hydrogen) atoms. The largest absolute Gasteiger partial charge is 0.369 e. The Bertz CT molecular complexity index is 824. The first-order valence-electron chi connectivity index (χ1n) is 8.77. The molecule has 1 amide bonds. The first kappa shape index (κ1) is 18.1. The molecule has 0 unspecified atom stereocenters. The molecule has 2 atom stereocenters. The number of fused-ring (bicyclic) bond motifs is 1. The molecule has 0 radical (unpaired) electrons. The number of ether oxygens (including phenoxy) is 1. The fourth-order valence-corrected chi connectivity index (χ4v) is 3.51. The molecule has 7 heteroatoms. The molecule has 0 spiro atoms. The number of carbonyl (C=O) groups is 1. The van der Waals surface area contributed by atoms with E-state index in [2.05, 4.69) is 16.2 Å². The minimum absolute atomic E-state index is 0.0409. The summed E-state index contributed by atoms with van der Waals surface area (Å²) < 4.78 is 7.61. The van der Waals surface area contributed by atoms with Crippen molar-refractivity contribution in [1.82, 2.24) is 19.7 Å². The first-order chi connectivity index (χ1) is 12.5. The van der Waals surface area contributed by atoms with Crippen molar-refractivity contribution < 1.29 is 9.53 Å². The zero-order valence-corrected chi connectivity index (χ0v) is 15.3. The second kappa shape index (κ2) is 7.67. The van der Waals surface area contributed by atoms with E-state index in [1.54, 1.807) is 22.0 Å². The van der Waals surface area contributed by atoms with Gasteiger partial charge in [-0.25, -0.2) is 0 Å². The van der Waals surface area contributed by atoms with E-state index in [0.29, 0.717) is 25.2 Å².